The molecule has 1 aromatic heterocycles. The van der Waals surface area contributed by atoms with Crippen molar-refractivity contribution >= 4 is 5.97 Å². The zero-order chi connectivity index (χ0) is 15.5. The number of benzene rings is 1. The van der Waals surface area contributed by atoms with Gasteiger partial charge in [0.15, 0.2) is 0 Å². The van der Waals surface area contributed by atoms with Crippen LogP contribution >= 0.6 is 0 Å². The van der Waals surface area contributed by atoms with Gasteiger partial charge in [-0.2, -0.15) is 13.2 Å². The molecule has 1 aromatic carbocycles. The van der Waals surface area contributed by atoms with Crippen molar-refractivity contribution in [3.05, 3.63) is 53.1 Å². The first kappa shape index (κ1) is 15.1. The molecule has 4 nitrogen and oxygen atoms in total. The molecule has 0 saturated heterocycles. The molecule has 1 heterocycles. The molecule has 0 radical (unpaired) electrons. The maximum Gasteiger partial charge on any atom is 0.416 e. The number of hydrogen-bond donors (Lipinski definition) is 1. The van der Waals surface area contributed by atoms with E-state index >= 15 is 0 Å². The minimum atomic E-state index is -4.35. The van der Waals surface area contributed by atoms with Crippen LogP contribution in [0, 0.1) is 0 Å². The van der Waals surface area contributed by atoms with Crippen LogP contribution < -0.4 is 0 Å². The van der Waals surface area contributed by atoms with Crippen molar-refractivity contribution in [2.24, 2.45) is 0 Å². The number of nitrogens with one attached hydrogen (secondary N) is 1. The Kier molecular flexibility index (Phi) is 4.30. The predicted molar refractivity (Wildman–Crippen MR) is 68.8 cm³/mol. The van der Waals surface area contributed by atoms with Crippen molar-refractivity contribution in [1.29, 1.82) is 0 Å². The molecule has 2 rings (SSSR count). The number of carbonyl (C=O) groups is 1. The zero-order valence-corrected chi connectivity index (χ0v) is 11.2. The topological polar surface area (TPSA) is 55.0 Å². The highest BCUT2D eigenvalue weighted by atomic mass is 19.4. The van der Waals surface area contributed by atoms with Crippen LogP contribution in [0.1, 0.15) is 34.4 Å². The Labute approximate surface area is 119 Å². The molecule has 0 aliphatic rings. The second-order valence-electron chi connectivity index (χ2n) is 4.34. The molecule has 0 unspecified atom stereocenters. The van der Waals surface area contributed by atoms with Crippen LogP contribution in [0.25, 0.3) is 0 Å². The van der Waals surface area contributed by atoms with Gasteiger partial charge in [-0.1, -0.05) is 12.1 Å². The van der Waals surface area contributed by atoms with Gasteiger partial charge in [0.25, 0.3) is 0 Å². The van der Waals surface area contributed by atoms with Crippen molar-refractivity contribution in [3.63, 3.8) is 0 Å². The van der Waals surface area contributed by atoms with E-state index in [1.54, 1.807) is 6.92 Å². The summed E-state index contributed by atoms with van der Waals surface area (Å²) in [5.41, 5.74) is 0.185. The van der Waals surface area contributed by atoms with Crippen LogP contribution in [0.4, 0.5) is 13.2 Å². The molecule has 0 fully saturated rings. The van der Waals surface area contributed by atoms with Crippen molar-refractivity contribution in [2.45, 2.75) is 19.5 Å². The molecule has 0 spiro atoms. The number of hydrogen-bond acceptors (Lipinski definition) is 3. The summed E-state index contributed by atoms with van der Waals surface area (Å²) in [5, 5.41) is 0. The average molecular weight is 298 g/mol. The highest BCUT2D eigenvalue weighted by Crippen LogP contribution is 2.29. The Bertz CT molecular complexity index is 618. The summed E-state index contributed by atoms with van der Waals surface area (Å²) >= 11 is 0. The fraction of sp³-hybridized carbons (Fsp3) is 0.286. The van der Waals surface area contributed by atoms with Gasteiger partial charge in [0.1, 0.15) is 11.5 Å². The first-order chi connectivity index (χ1) is 9.90. The summed E-state index contributed by atoms with van der Waals surface area (Å²) in [6, 6.07) is 4.81. The third kappa shape index (κ3) is 3.84. The Morgan fingerprint density at radius 2 is 1.95 bits per heavy atom. The van der Waals surface area contributed by atoms with E-state index in [2.05, 4.69) is 9.97 Å². The molecule has 7 heteroatoms. The fourth-order valence-corrected chi connectivity index (χ4v) is 1.77. The second-order valence-corrected chi connectivity index (χ2v) is 4.34. The average Bonchev–Trinajstić information content (AvgIpc) is 2.87. The smallest absolute Gasteiger partial charge is 0.416 e. The fourth-order valence-electron chi connectivity index (χ4n) is 1.77. The van der Waals surface area contributed by atoms with Crippen molar-refractivity contribution in [1.82, 2.24) is 9.97 Å². The van der Waals surface area contributed by atoms with Crippen LogP contribution in [-0.2, 0) is 17.3 Å². The van der Waals surface area contributed by atoms with Gasteiger partial charge < -0.3 is 9.72 Å². The van der Waals surface area contributed by atoms with Gasteiger partial charge in [0.05, 0.1) is 18.4 Å². The van der Waals surface area contributed by atoms with Gasteiger partial charge in [-0.25, -0.2) is 9.78 Å². The number of alkyl halides is 3. The Morgan fingerprint density at radius 1 is 1.29 bits per heavy atom. The van der Waals surface area contributed by atoms with Crippen LogP contribution in [0.15, 0.2) is 30.5 Å². The molecule has 0 aliphatic heterocycles. The molecular formula is C14H13F3N2O2. The number of carbonyl (C=O) groups excluding carboxylic acids is 1. The van der Waals surface area contributed by atoms with Gasteiger partial charge in [0.2, 0.25) is 0 Å². The lowest BCUT2D eigenvalue weighted by molar-refractivity contribution is -0.137. The molecular weight excluding hydrogens is 285 g/mol. The van der Waals surface area contributed by atoms with Crippen LogP contribution in [-0.4, -0.2) is 22.5 Å². The van der Waals surface area contributed by atoms with Crippen molar-refractivity contribution < 1.29 is 22.7 Å². The second kappa shape index (κ2) is 5.99. The standard InChI is InChI=1S/C14H13F3N2O2/c1-2-21-13(20)11-8-18-12(19-11)7-9-3-5-10(6-4-9)14(15,16)17/h3-6,8H,2,7H2,1H3,(H,18,19). The Balaban J connectivity index is 2.07. The van der Waals surface area contributed by atoms with Crippen molar-refractivity contribution in [3.8, 4) is 0 Å². The number of halogens is 3. The summed E-state index contributed by atoms with van der Waals surface area (Å²) < 4.78 is 42.1. The van der Waals surface area contributed by atoms with Crippen LogP contribution in [0.5, 0.6) is 0 Å². The number of imidazole rings is 1. The lowest BCUT2D eigenvalue weighted by Gasteiger charge is -2.06. The van der Waals surface area contributed by atoms with Gasteiger partial charge in [-0.3, -0.25) is 0 Å². The number of aromatic amines is 1. The molecule has 0 amide bonds. The molecule has 21 heavy (non-hydrogen) atoms. The van der Waals surface area contributed by atoms with Crippen LogP contribution in [0.3, 0.4) is 0 Å². The lowest BCUT2D eigenvalue weighted by atomic mass is 10.1. The summed E-state index contributed by atoms with van der Waals surface area (Å²) in [7, 11) is 0. The van der Waals surface area contributed by atoms with E-state index in [1.165, 1.54) is 18.3 Å². The number of H-pyrrole nitrogens is 1. The van der Waals surface area contributed by atoms with Gasteiger partial charge in [0, 0.05) is 6.42 Å². The molecule has 1 N–H and O–H groups in total. The molecule has 0 bridgehead atoms. The highest BCUT2D eigenvalue weighted by Gasteiger charge is 2.29. The SMILES string of the molecule is CCOC(=O)c1cnc(Cc2ccc(C(F)(F)F)cc2)[nH]1. The Hall–Kier alpha value is -2.31. The summed E-state index contributed by atoms with van der Waals surface area (Å²) in [6.45, 7) is 1.95. The van der Waals surface area contributed by atoms with E-state index in [9.17, 15) is 18.0 Å². The first-order valence-corrected chi connectivity index (χ1v) is 6.27. The molecule has 0 saturated carbocycles. The monoisotopic (exact) mass is 298 g/mol. The maximum absolute atomic E-state index is 12.4. The lowest BCUT2D eigenvalue weighted by Crippen LogP contribution is -2.05. The zero-order valence-electron chi connectivity index (χ0n) is 11.2. The quantitative estimate of drug-likeness (QED) is 0.882. The van der Waals surface area contributed by atoms with Gasteiger partial charge in [-0.05, 0) is 24.6 Å². The summed E-state index contributed by atoms with van der Waals surface area (Å²) in [4.78, 5) is 18.2. The Morgan fingerprint density at radius 3 is 2.52 bits per heavy atom. The number of ether oxygens (including phenoxy) is 1. The molecule has 0 atom stereocenters. The summed E-state index contributed by atoms with van der Waals surface area (Å²) in [6.07, 6.45) is -2.70. The summed E-state index contributed by atoms with van der Waals surface area (Å²) in [5.74, 6) is -0.0264. The number of nitrogens with zero attached hydrogens (tertiary/aromatic N) is 1. The maximum atomic E-state index is 12.4. The van der Waals surface area contributed by atoms with Gasteiger partial charge >= 0.3 is 12.1 Å². The van der Waals surface area contributed by atoms with E-state index in [4.69, 9.17) is 4.74 Å². The van der Waals surface area contributed by atoms with Gasteiger partial charge in [-0.15, -0.1) is 0 Å². The first-order valence-electron chi connectivity index (χ1n) is 6.27. The van der Waals surface area contributed by atoms with Crippen LogP contribution in [0.2, 0.25) is 0 Å². The number of rotatable bonds is 4. The largest absolute Gasteiger partial charge is 0.461 e. The predicted octanol–water partition coefficient (Wildman–Crippen LogP) is 3.20. The van der Waals surface area contributed by atoms with E-state index in [0.717, 1.165) is 12.1 Å². The third-order valence-electron chi connectivity index (χ3n) is 2.78. The van der Waals surface area contributed by atoms with E-state index in [1.807, 2.05) is 0 Å². The molecule has 112 valence electrons. The van der Waals surface area contributed by atoms with Crippen molar-refractivity contribution in [2.75, 3.05) is 6.61 Å². The van der Waals surface area contributed by atoms with E-state index in [0.29, 0.717) is 17.8 Å². The number of esters is 1. The minimum absolute atomic E-state index is 0.221. The minimum Gasteiger partial charge on any atom is -0.461 e. The third-order valence-corrected chi connectivity index (χ3v) is 2.78. The molecule has 0 aliphatic carbocycles. The number of aromatic nitrogens is 2. The normalized spacial score (nSPS) is 11.4. The van der Waals surface area contributed by atoms with E-state index in [-0.39, 0.29) is 12.3 Å². The highest BCUT2D eigenvalue weighted by molar-refractivity contribution is 5.86. The van der Waals surface area contributed by atoms with E-state index < -0.39 is 17.7 Å². The molecule has 2 aromatic rings.